The first kappa shape index (κ1) is 23.4. The number of carbonyl (C=O) groups is 3. The van der Waals surface area contributed by atoms with E-state index in [9.17, 15) is 19.2 Å². The first-order valence-electron chi connectivity index (χ1n) is 8.97. The number of ether oxygens (including phenoxy) is 3. The number of H-pyrrole nitrogens is 1. The standard InChI is InChI=1S/C20H21IN2O7/c1-12(2)16(23-20(27)28-10-13-6-4-3-5-7-13)19(26)30-17-14(18(25)29-11-21)8-9-15(24)22-17/h3-9,12,16H,10-11H2,1-2H3,(H,22,24)(H,23,27)/t16-/m0/s1. The predicted octanol–water partition coefficient (Wildman–Crippen LogP) is 2.78. The van der Waals surface area contributed by atoms with Crippen molar-refractivity contribution < 1.29 is 28.6 Å². The van der Waals surface area contributed by atoms with Crippen molar-refractivity contribution in [3.63, 3.8) is 0 Å². The van der Waals surface area contributed by atoms with Gasteiger partial charge in [0.15, 0.2) is 0 Å². The summed E-state index contributed by atoms with van der Waals surface area (Å²) in [6, 6.07) is 10.3. The maximum Gasteiger partial charge on any atom is 0.408 e. The third kappa shape index (κ3) is 6.87. The van der Waals surface area contributed by atoms with Gasteiger partial charge in [0.25, 0.3) is 5.56 Å². The zero-order valence-electron chi connectivity index (χ0n) is 16.3. The number of carbonyl (C=O) groups excluding carboxylic acids is 3. The smallest absolute Gasteiger partial charge is 0.408 e. The molecule has 0 aliphatic rings. The number of amides is 1. The van der Waals surface area contributed by atoms with Gasteiger partial charge in [-0.1, -0.05) is 44.2 Å². The van der Waals surface area contributed by atoms with Crippen LogP contribution in [-0.2, 0) is 20.9 Å². The van der Waals surface area contributed by atoms with Crippen LogP contribution in [0.3, 0.4) is 0 Å². The lowest BCUT2D eigenvalue weighted by atomic mass is 10.1. The van der Waals surface area contributed by atoms with E-state index in [0.29, 0.717) is 0 Å². The third-order valence-electron chi connectivity index (χ3n) is 3.90. The van der Waals surface area contributed by atoms with Gasteiger partial charge in [-0.15, -0.1) is 0 Å². The molecule has 0 radical (unpaired) electrons. The van der Waals surface area contributed by atoms with Crippen molar-refractivity contribution in [2.75, 3.05) is 4.61 Å². The van der Waals surface area contributed by atoms with Gasteiger partial charge < -0.3 is 19.5 Å². The molecular formula is C20H21IN2O7. The van der Waals surface area contributed by atoms with Crippen molar-refractivity contribution in [3.8, 4) is 5.88 Å². The Labute approximate surface area is 186 Å². The van der Waals surface area contributed by atoms with Crippen LogP contribution in [0.5, 0.6) is 5.88 Å². The molecule has 10 heteroatoms. The Morgan fingerprint density at radius 1 is 1.07 bits per heavy atom. The van der Waals surface area contributed by atoms with Crippen molar-refractivity contribution in [1.29, 1.82) is 0 Å². The van der Waals surface area contributed by atoms with Crippen LogP contribution in [0.15, 0.2) is 47.3 Å². The third-order valence-corrected chi connectivity index (χ3v) is 4.21. The molecule has 0 fully saturated rings. The van der Waals surface area contributed by atoms with Crippen molar-refractivity contribution in [2.45, 2.75) is 26.5 Å². The lowest BCUT2D eigenvalue weighted by molar-refractivity contribution is -0.138. The summed E-state index contributed by atoms with van der Waals surface area (Å²) in [6.07, 6.45) is -0.805. The summed E-state index contributed by atoms with van der Waals surface area (Å²) in [5, 5.41) is 2.45. The number of hydrogen-bond donors (Lipinski definition) is 2. The highest BCUT2D eigenvalue weighted by atomic mass is 127. The molecule has 0 spiro atoms. The molecule has 1 aromatic carbocycles. The molecule has 0 aliphatic heterocycles. The van der Waals surface area contributed by atoms with E-state index in [2.05, 4.69) is 10.3 Å². The Balaban J connectivity index is 2.08. The maximum absolute atomic E-state index is 12.6. The number of esters is 2. The quantitative estimate of drug-likeness (QED) is 0.307. The van der Waals surface area contributed by atoms with Gasteiger partial charge in [-0.2, -0.15) is 0 Å². The van der Waals surface area contributed by atoms with Crippen LogP contribution >= 0.6 is 22.6 Å². The van der Waals surface area contributed by atoms with Crippen LogP contribution in [0.1, 0.15) is 29.8 Å². The number of rotatable bonds is 8. The second kappa shape index (κ2) is 11.3. The zero-order chi connectivity index (χ0) is 22.1. The highest BCUT2D eigenvalue weighted by Gasteiger charge is 2.29. The molecule has 30 heavy (non-hydrogen) atoms. The SMILES string of the molecule is CC(C)[C@H](NC(=O)OCc1ccccc1)C(=O)Oc1[nH]c(=O)ccc1C(=O)OCI. The lowest BCUT2D eigenvalue weighted by Gasteiger charge is -2.20. The molecule has 0 unspecified atom stereocenters. The fraction of sp³-hybridized carbons (Fsp3) is 0.300. The highest BCUT2D eigenvalue weighted by molar-refractivity contribution is 14.1. The van der Waals surface area contributed by atoms with E-state index in [-0.39, 0.29) is 28.6 Å². The highest BCUT2D eigenvalue weighted by Crippen LogP contribution is 2.16. The maximum atomic E-state index is 12.6. The number of aromatic nitrogens is 1. The fourth-order valence-corrected chi connectivity index (χ4v) is 2.66. The van der Waals surface area contributed by atoms with Crippen LogP contribution in [0.25, 0.3) is 0 Å². The van der Waals surface area contributed by atoms with Crippen LogP contribution in [0.4, 0.5) is 4.79 Å². The first-order valence-corrected chi connectivity index (χ1v) is 10.5. The van der Waals surface area contributed by atoms with Crippen LogP contribution in [-0.4, -0.2) is 33.7 Å². The van der Waals surface area contributed by atoms with E-state index in [1.54, 1.807) is 26.0 Å². The predicted molar refractivity (Wildman–Crippen MR) is 115 cm³/mol. The molecule has 2 aromatic rings. The molecular weight excluding hydrogens is 507 g/mol. The molecule has 0 saturated carbocycles. The van der Waals surface area contributed by atoms with Gasteiger partial charge in [0.05, 0.1) is 0 Å². The summed E-state index contributed by atoms with van der Waals surface area (Å²) in [4.78, 5) is 50.7. The van der Waals surface area contributed by atoms with Crippen molar-refractivity contribution in [1.82, 2.24) is 10.3 Å². The largest absolute Gasteiger partial charge is 0.451 e. The summed E-state index contributed by atoms with van der Waals surface area (Å²) < 4.78 is 15.3. The van der Waals surface area contributed by atoms with Gasteiger partial charge in [0.2, 0.25) is 5.88 Å². The number of hydrogen-bond acceptors (Lipinski definition) is 7. The van der Waals surface area contributed by atoms with Gasteiger partial charge >= 0.3 is 18.0 Å². The Morgan fingerprint density at radius 3 is 2.40 bits per heavy atom. The van der Waals surface area contributed by atoms with Gasteiger partial charge in [-0.05, 0) is 40.1 Å². The number of aromatic amines is 1. The van der Waals surface area contributed by atoms with Gasteiger partial charge in [0, 0.05) is 6.07 Å². The fourth-order valence-electron chi connectivity index (χ4n) is 2.38. The van der Waals surface area contributed by atoms with Crippen molar-refractivity contribution in [2.24, 2.45) is 5.92 Å². The summed E-state index contributed by atoms with van der Waals surface area (Å²) in [5.74, 6) is -2.35. The van der Waals surface area contributed by atoms with E-state index in [0.717, 1.165) is 11.6 Å². The Kier molecular flexibility index (Phi) is 8.84. The van der Waals surface area contributed by atoms with Crippen LogP contribution in [0.2, 0.25) is 0 Å². The van der Waals surface area contributed by atoms with Gasteiger partial charge in [-0.25, -0.2) is 14.4 Å². The molecule has 9 nitrogen and oxygen atoms in total. The molecule has 1 heterocycles. The topological polar surface area (TPSA) is 124 Å². The monoisotopic (exact) mass is 528 g/mol. The number of benzene rings is 1. The molecule has 1 atom stereocenters. The second-order valence-electron chi connectivity index (χ2n) is 6.46. The van der Waals surface area contributed by atoms with E-state index < -0.39 is 29.6 Å². The Bertz CT molecular complexity index is 944. The molecule has 1 amide bonds. The number of nitrogens with one attached hydrogen (secondary N) is 2. The summed E-state index contributed by atoms with van der Waals surface area (Å²) >= 11 is 1.83. The minimum Gasteiger partial charge on any atom is -0.451 e. The van der Waals surface area contributed by atoms with E-state index in [1.165, 1.54) is 6.07 Å². The minimum absolute atomic E-state index is 0.0326. The van der Waals surface area contributed by atoms with Crippen LogP contribution in [0, 0.1) is 5.92 Å². The van der Waals surface area contributed by atoms with E-state index >= 15 is 0 Å². The summed E-state index contributed by atoms with van der Waals surface area (Å²) in [6.45, 7) is 3.43. The molecule has 0 bridgehead atoms. The van der Waals surface area contributed by atoms with Crippen molar-refractivity contribution >= 4 is 40.6 Å². The Hall–Kier alpha value is -2.89. The normalized spacial score (nSPS) is 11.5. The second-order valence-corrected chi connectivity index (χ2v) is 7.08. The average molecular weight is 528 g/mol. The molecule has 2 rings (SSSR count). The molecule has 160 valence electrons. The summed E-state index contributed by atoms with van der Waals surface area (Å²) in [7, 11) is 0. The van der Waals surface area contributed by atoms with Crippen LogP contribution < -0.4 is 15.6 Å². The van der Waals surface area contributed by atoms with Gasteiger partial charge in [-0.3, -0.25) is 9.78 Å². The average Bonchev–Trinajstić information content (AvgIpc) is 2.71. The number of alkyl halides is 1. The molecule has 0 saturated heterocycles. The number of halogens is 1. The van der Waals surface area contributed by atoms with Crippen molar-refractivity contribution in [3.05, 3.63) is 63.9 Å². The van der Waals surface area contributed by atoms with Gasteiger partial charge in [0.1, 0.15) is 22.8 Å². The molecule has 0 aliphatic carbocycles. The number of pyridine rings is 1. The van der Waals surface area contributed by atoms with E-state index in [1.807, 2.05) is 40.8 Å². The first-order chi connectivity index (χ1) is 14.3. The molecule has 1 aromatic heterocycles. The molecule has 2 N–H and O–H groups in total. The zero-order valence-corrected chi connectivity index (χ0v) is 18.5. The lowest BCUT2D eigenvalue weighted by Crippen LogP contribution is -2.46. The van der Waals surface area contributed by atoms with E-state index in [4.69, 9.17) is 14.2 Å². The Morgan fingerprint density at radius 2 is 1.77 bits per heavy atom. The summed E-state index contributed by atoms with van der Waals surface area (Å²) in [5.41, 5.74) is 0.102. The minimum atomic E-state index is -1.08. The number of alkyl carbamates (subject to hydrolysis) is 1.